The van der Waals surface area contributed by atoms with Crippen molar-refractivity contribution in [1.82, 2.24) is 4.31 Å². The van der Waals surface area contributed by atoms with Gasteiger partial charge < -0.3 is 10.1 Å². The van der Waals surface area contributed by atoms with E-state index in [1.807, 2.05) is 77.1 Å². The summed E-state index contributed by atoms with van der Waals surface area (Å²) in [6, 6.07) is 18.3. The number of hydrogen-bond acceptors (Lipinski definition) is 4. The van der Waals surface area contributed by atoms with Crippen molar-refractivity contribution in [1.29, 1.82) is 0 Å². The topological polar surface area (TPSA) is 75.7 Å². The number of carbonyl (C=O) groups is 1. The maximum absolute atomic E-state index is 13.7. The van der Waals surface area contributed by atoms with Crippen molar-refractivity contribution in [3.8, 4) is 11.5 Å². The molecule has 3 aromatic rings. The van der Waals surface area contributed by atoms with Crippen LogP contribution in [0.3, 0.4) is 0 Å². The Kier molecular flexibility index (Phi) is 8.12. The fourth-order valence-corrected chi connectivity index (χ4v) is 5.92. The van der Waals surface area contributed by atoms with Gasteiger partial charge in [0.2, 0.25) is 15.9 Å². The molecule has 3 rings (SSSR count). The lowest BCUT2D eigenvalue weighted by molar-refractivity contribution is -0.116. The van der Waals surface area contributed by atoms with Gasteiger partial charge in [-0.2, -0.15) is 4.31 Å². The van der Waals surface area contributed by atoms with Gasteiger partial charge in [-0.1, -0.05) is 43.3 Å². The fraction of sp³-hybridized carbons (Fsp3) is 0.296. The van der Waals surface area contributed by atoms with Crippen LogP contribution in [0.5, 0.6) is 11.5 Å². The molecule has 0 aliphatic heterocycles. The Balaban J connectivity index is 1.86. The predicted molar refractivity (Wildman–Crippen MR) is 136 cm³/mol. The van der Waals surface area contributed by atoms with E-state index in [1.165, 1.54) is 4.31 Å². The van der Waals surface area contributed by atoms with Gasteiger partial charge in [0, 0.05) is 6.54 Å². The van der Waals surface area contributed by atoms with Gasteiger partial charge in [0.25, 0.3) is 0 Å². The normalized spacial score (nSPS) is 11.5. The SMILES string of the molecule is CCCN(CC(=O)Nc1ccccc1Oc1ccccc1)S(=O)(=O)c1c(C)c(C)cc(C)c1C. The molecule has 0 spiro atoms. The Labute approximate surface area is 202 Å². The van der Waals surface area contributed by atoms with Crippen LogP contribution in [0.15, 0.2) is 65.6 Å². The standard InChI is InChI=1S/C27H32N2O4S/c1-6-16-29(34(31,32)27-21(4)19(2)17-20(3)22(27)5)18-26(30)28-24-14-10-11-15-25(24)33-23-12-8-7-9-13-23/h7-15,17H,6,16,18H2,1-5H3,(H,28,30). The molecule has 0 saturated heterocycles. The maximum Gasteiger partial charge on any atom is 0.244 e. The van der Waals surface area contributed by atoms with Crippen LogP contribution in [0.2, 0.25) is 0 Å². The van der Waals surface area contributed by atoms with E-state index < -0.39 is 15.9 Å². The van der Waals surface area contributed by atoms with Gasteiger partial charge in [-0.15, -0.1) is 0 Å². The first-order valence-corrected chi connectivity index (χ1v) is 12.8. The number of sulfonamides is 1. The quantitative estimate of drug-likeness (QED) is 0.423. The molecule has 1 N–H and O–H groups in total. The van der Waals surface area contributed by atoms with E-state index in [-0.39, 0.29) is 13.1 Å². The number of nitrogens with zero attached hydrogens (tertiary/aromatic N) is 1. The lowest BCUT2D eigenvalue weighted by atomic mass is 10.0. The zero-order chi connectivity index (χ0) is 24.9. The molecule has 0 aliphatic rings. The molecule has 180 valence electrons. The van der Waals surface area contributed by atoms with Crippen LogP contribution in [0.4, 0.5) is 5.69 Å². The Morgan fingerprint density at radius 1 is 0.912 bits per heavy atom. The molecule has 1 amide bonds. The second-order valence-electron chi connectivity index (χ2n) is 8.39. The van der Waals surface area contributed by atoms with Gasteiger partial charge in [-0.25, -0.2) is 8.42 Å². The van der Waals surface area contributed by atoms with Crippen molar-refractivity contribution >= 4 is 21.6 Å². The molecular formula is C27H32N2O4S. The summed E-state index contributed by atoms with van der Waals surface area (Å²) in [4.78, 5) is 13.3. The van der Waals surface area contributed by atoms with Crippen molar-refractivity contribution in [2.45, 2.75) is 45.9 Å². The number of nitrogens with one attached hydrogen (secondary N) is 1. The summed E-state index contributed by atoms with van der Waals surface area (Å²) in [5.74, 6) is 0.689. The molecule has 0 aromatic heterocycles. The highest BCUT2D eigenvalue weighted by molar-refractivity contribution is 7.89. The Morgan fingerprint density at radius 2 is 1.50 bits per heavy atom. The van der Waals surface area contributed by atoms with E-state index in [9.17, 15) is 13.2 Å². The largest absolute Gasteiger partial charge is 0.455 e. The minimum Gasteiger partial charge on any atom is -0.455 e. The Hall–Kier alpha value is -3.16. The molecule has 3 aromatic carbocycles. The first-order chi connectivity index (χ1) is 16.1. The van der Waals surface area contributed by atoms with E-state index in [1.54, 1.807) is 18.2 Å². The van der Waals surface area contributed by atoms with Crippen LogP contribution >= 0.6 is 0 Å². The molecule has 0 atom stereocenters. The van der Waals surface area contributed by atoms with Gasteiger partial charge in [0.05, 0.1) is 17.1 Å². The third-order valence-electron chi connectivity index (χ3n) is 5.82. The molecule has 0 saturated carbocycles. The lowest BCUT2D eigenvalue weighted by Crippen LogP contribution is -2.39. The average molecular weight is 481 g/mol. The highest BCUT2D eigenvalue weighted by atomic mass is 32.2. The Morgan fingerprint density at radius 3 is 2.12 bits per heavy atom. The van der Waals surface area contributed by atoms with E-state index in [0.29, 0.717) is 39.6 Å². The summed E-state index contributed by atoms with van der Waals surface area (Å²) < 4.78 is 34.5. The number of para-hydroxylation sites is 3. The molecule has 0 fully saturated rings. The third-order valence-corrected chi connectivity index (χ3v) is 7.94. The first-order valence-electron chi connectivity index (χ1n) is 11.3. The second-order valence-corrected chi connectivity index (χ2v) is 10.3. The van der Waals surface area contributed by atoms with Crippen LogP contribution in [-0.2, 0) is 14.8 Å². The van der Waals surface area contributed by atoms with Gasteiger partial charge in [-0.3, -0.25) is 4.79 Å². The van der Waals surface area contributed by atoms with E-state index >= 15 is 0 Å². The molecule has 0 unspecified atom stereocenters. The van der Waals surface area contributed by atoms with Crippen molar-refractivity contribution in [2.75, 3.05) is 18.4 Å². The van der Waals surface area contributed by atoms with Crippen LogP contribution < -0.4 is 10.1 Å². The highest BCUT2D eigenvalue weighted by Crippen LogP contribution is 2.31. The molecule has 7 heteroatoms. The zero-order valence-corrected chi connectivity index (χ0v) is 21.2. The number of rotatable bonds is 9. The average Bonchev–Trinajstić information content (AvgIpc) is 2.79. The molecule has 0 radical (unpaired) electrons. The lowest BCUT2D eigenvalue weighted by Gasteiger charge is -2.25. The zero-order valence-electron chi connectivity index (χ0n) is 20.4. The van der Waals surface area contributed by atoms with Crippen LogP contribution in [-0.4, -0.2) is 31.7 Å². The predicted octanol–water partition coefficient (Wildman–Crippen LogP) is 5.75. The number of carbonyl (C=O) groups excluding carboxylic acids is 1. The fourth-order valence-electron chi connectivity index (χ4n) is 3.85. The van der Waals surface area contributed by atoms with Crippen LogP contribution in [0, 0.1) is 27.7 Å². The number of hydrogen-bond donors (Lipinski definition) is 1. The van der Waals surface area contributed by atoms with Gasteiger partial charge >= 0.3 is 0 Å². The number of anilines is 1. The molecule has 34 heavy (non-hydrogen) atoms. The van der Waals surface area contributed by atoms with Crippen molar-refractivity contribution in [2.24, 2.45) is 0 Å². The van der Waals surface area contributed by atoms with Crippen molar-refractivity contribution in [3.63, 3.8) is 0 Å². The molecule has 0 aliphatic carbocycles. The first kappa shape index (κ1) is 25.5. The number of benzene rings is 3. The summed E-state index contributed by atoms with van der Waals surface area (Å²) in [5.41, 5.74) is 3.73. The van der Waals surface area contributed by atoms with Crippen molar-refractivity contribution < 1.29 is 17.9 Å². The molecular weight excluding hydrogens is 448 g/mol. The summed E-state index contributed by atoms with van der Waals surface area (Å²) in [6.45, 7) is 9.28. The van der Waals surface area contributed by atoms with Crippen LogP contribution in [0.1, 0.15) is 35.6 Å². The summed E-state index contributed by atoms with van der Waals surface area (Å²) >= 11 is 0. The van der Waals surface area contributed by atoms with E-state index in [0.717, 1.165) is 11.1 Å². The molecule has 0 heterocycles. The maximum atomic E-state index is 13.7. The Bertz CT molecular complexity index is 1250. The summed E-state index contributed by atoms with van der Waals surface area (Å²) in [5, 5.41) is 2.83. The number of ether oxygens (including phenoxy) is 1. The van der Waals surface area contributed by atoms with Gasteiger partial charge in [0.1, 0.15) is 5.75 Å². The summed E-state index contributed by atoms with van der Waals surface area (Å²) in [6.07, 6.45) is 0.586. The highest BCUT2D eigenvalue weighted by Gasteiger charge is 2.30. The number of amides is 1. The number of aryl methyl sites for hydroxylation is 2. The monoisotopic (exact) mass is 480 g/mol. The van der Waals surface area contributed by atoms with E-state index in [2.05, 4.69) is 5.32 Å². The summed E-state index contributed by atoms with van der Waals surface area (Å²) in [7, 11) is -3.87. The molecule has 6 nitrogen and oxygen atoms in total. The minimum absolute atomic E-state index is 0.240. The third kappa shape index (κ3) is 5.66. The van der Waals surface area contributed by atoms with Crippen LogP contribution in [0.25, 0.3) is 0 Å². The van der Waals surface area contributed by atoms with Gasteiger partial charge in [-0.05, 0) is 80.6 Å². The van der Waals surface area contributed by atoms with Crippen molar-refractivity contribution in [3.05, 3.63) is 82.9 Å². The van der Waals surface area contributed by atoms with Gasteiger partial charge in [0.15, 0.2) is 5.75 Å². The smallest absolute Gasteiger partial charge is 0.244 e. The van der Waals surface area contributed by atoms with E-state index in [4.69, 9.17) is 4.74 Å². The second kappa shape index (κ2) is 10.8. The molecule has 0 bridgehead atoms. The minimum atomic E-state index is -3.87.